The second-order valence-corrected chi connectivity index (χ2v) is 3.90. The molecular formula is C12H17NO3. The van der Waals surface area contributed by atoms with Crippen molar-refractivity contribution in [3.63, 3.8) is 0 Å². The van der Waals surface area contributed by atoms with Gasteiger partial charge in [0, 0.05) is 6.07 Å². The van der Waals surface area contributed by atoms with Crippen LogP contribution in [0.5, 0.6) is 17.2 Å². The Balaban J connectivity index is 2.01. The van der Waals surface area contributed by atoms with Crippen LogP contribution >= 0.6 is 0 Å². The topological polar surface area (TPSA) is 50.7 Å². The molecule has 1 aliphatic heterocycles. The first kappa shape index (κ1) is 11.1. The van der Waals surface area contributed by atoms with E-state index in [1.165, 1.54) is 7.11 Å². The minimum absolute atomic E-state index is 0.119. The van der Waals surface area contributed by atoms with Crippen molar-refractivity contribution >= 4 is 0 Å². The van der Waals surface area contributed by atoms with Crippen molar-refractivity contribution in [2.45, 2.75) is 18.9 Å². The number of hydrogen-bond acceptors (Lipinski definition) is 4. The smallest absolute Gasteiger partial charge is 0.161 e. The second-order valence-electron chi connectivity index (χ2n) is 3.90. The van der Waals surface area contributed by atoms with Gasteiger partial charge in [0.25, 0.3) is 0 Å². The third-order valence-corrected chi connectivity index (χ3v) is 2.74. The standard InChI is InChI=1S/C12H17NO3/c1-15-12-3-2-10(8-11(12)14)16-9-4-6-13-7-5-9/h2-3,8-9,13-14H,4-7H2,1H3. The maximum absolute atomic E-state index is 9.60. The van der Waals surface area contributed by atoms with Gasteiger partial charge in [-0.15, -0.1) is 0 Å². The fraction of sp³-hybridized carbons (Fsp3) is 0.500. The second kappa shape index (κ2) is 5.07. The van der Waals surface area contributed by atoms with Crippen LogP contribution < -0.4 is 14.8 Å². The number of rotatable bonds is 3. The Hall–Kier alpha value is -1.42. The number of phenols is 1. The molecule has 0 aliphatic carbocycles. The molecule has 0 aromatic heterocycles. The van der Waals surface area contributed by atoms with Crippen molar-refractivity contribution in [3.05, 3.63) is 18.2 Å². The molecule has 1 aromatic rings. The summed E-state index contributed by atoms with van der Waals surface area (Å²) in [5, 5.41) is 12.9. The highest BCUT2D eigenvalue weighted by atomic mass is 16.5. The van der Waals surface area contributed by atoms with E-state index in [1.54, 1.807) is 12.1 Å². The van der Waals surface area contributed by atoms with Gasteiger partial charge in [0.1, 0.15) is 11.9 Å². The van der Waals surface area contributed by atoms with E-state index in [0.29, 0.717) is 11.5 Å². The van der Waals surface area contributed by atoms with Gasteiger partial charge in [0.15, 0.2) is 11.5 Å². The van der Waals surface area contributed by atoms with Gasteiger partial charge in [-0.2, -0.15) is 0 Å². The van der Waals surface area contributed by atoms with Crippen molar-refractivity contribution < 1.29 is 14.6 Å². The van der Waals surface area contributed by atoms with Crippen LogP contribution in [0.2, 0.25) is 0 Å². The van der Waals surface area contributed by atoms with Crippen LogP contribution in [-0.4, -0.2) is 31.4 Å². The lowest BCUT2D eigenvalue weighted by atomic mass is 10.1. The average Bonchev–Trinajstić information content (AvgIpc) is 2.31. The molecule has 0 bridgehead atoms. The predicted molar refractivity (Wildman–Crippen MR) is 61.2 cm³/mol. The summed E-state index contributed by atoms with van der Waals surface area (Å²) in [5.41, 5.74) is 0. The van der Waals surface area contributed by atoms with Crippen molar-refractivity contribution in [1.29, 1.82) is 0 Å². The molecule has 1 aliphatic rings. The van der Waals surface area contributed by atoms with Gasteiger partial charge in [-0.05, 0) is 38.1 Å². The van der Waals surface area contributed by atoms with E-state index in [1.807, 2.05) is 6.07 Å². The van der Waals surface area contributed by atoms with Crippen molar-refractivity contribution in [2.75, 3.05) is 20.2 Å². The molecular weight excluding hydrogens is 206 g/mol. The summed E-state index contributed by atoms with van der Waals surface area (Å²) in [5.74, 6) is 1.29. The summed E-state index contributed by atoms with van der Waals surface area (Å²) in [6.07, 6.45) is 2.26. The van der Waals surface area contributed by atoms with E-state index in [0.717, 1.165) is 25.9 Å². The molecule has 1 fully saturated rings. The Labute approximate surface area is 95.2 Å². The molecule has 0 amide bonds. The first-order chi connectivity index (χ1) is 7.79. The van der Waals surface area contributed by atoms with E-state index >= 15 is 0 Å². The fourth-order valence-corrected chi connectivity index (χ4v) is 1.85. The lowest BCUT2D eigenvalue weighted by molar-refractivity contribution is 0.162. The first-order valence-corrected chi connectivity index (χ1v) is 5.54. The summed E-state index contributed by atoms with van der Waals surface area (Å²) in [6.45, 7) is 1.99. The normalized spacial score (nSPS) is 17.1. The molecule has 0 radical (unpaired) electrons. The molecule has 16 heavy (non-hydrogen) atoms. The number of methoxy groups -OCH3 is 1. The molecule has 2 N–H and O–H groups in total. The Bertz CT molecular complexity index is 348. The van der Waals surface area contributed by atoms with Crippen molar-refractivity contribution in [3.8, 4) is 17.2 Å². The Morgan fingerprint density at radius 2 is 2.06 bits per heavy atom. The minimum Gasteiger partial charge on any atom is -0.504 e. The lowest BCUT2D eigenvalue weighted by Crippen LogP contribution is -2.34. The predicted octanol–water partition coefficient (Wildman–Crippen LogP) is 1.53. The van der Waals surface area contributed by atoms with E-state index < -0.39 is 0 Å². The van der Waals surface area contributed by atoms with Gasteiger partial charge in [-0.3, -0.25) is 0 Å². The van der Waals surface area contributed by atoms with Crippen LogP contribution in [-0.2, 0) is 0 Å². The van der Waals surface area contributed by atoms with Crippen LogP contribution in [0.4, 0.5) is 0 Å². The number of phenolic OH excluding ortho intramolecular Hbond substituents is 1. The molecule has 4 heteroatoms. The molecule has 0 saturated carbocycles. The number of hydrogen-bond donors (Lipinski definition) is 2. The molecule has 1 heterocycles. The van der Waals surface area contributed by atoms with Crippen LogP contribution in [0.25, 0.3) is 0 Å². The summed E-state index contributed by atoms with van der Waals surface area (Å²) >= 11 is 0. The largest absolute Gasteiger partial charge is 0.504 e. The number of benzene rings is 1. The van der Waals surface area contributed by atoms with Gasteiger partial charge in [0.05, 0.1) is 7.11 Å². The highest BCUT2D eigenvalue weighted by Gasteiger charge is 2.15. The number of nitrogens with one attached hydrogen (secondary N) is 1. The van der Waals surface area contributed by atoms with Gasteiger partial charge in [0.2, 0.25) is 0 Å². The Kier molecular flexibility index (Phi) is 3.51. The van der Waals surface area contributed by atoms with Gasteiger partial charge < -0.3 is 19.9 Å². The zero-order valence-electron chi connectivity index (χ0n) is 9.40. The first-order valence-electron chi connectivity index (χ1n) is 5.54. The highest BCUT2D eigenvalue weighted by Crippen LogP contribution is 2.30. The maximum atomic E-state index is 9.60. The zero-order valence-corrected chi connectivity index (χ0v) is 9.40. The van der Waals surface area contributed by atoms with Crippen molar-refractivity contribution in [2.24, 2.45) is 0 Å². The molecule has 2 rings (SSSR count). The fourth-order valence-electron chi connectivity index (χ4n) is 1.85. The van der Waals surface area contributed by atoms with E-state index in [-0.39, 0.29) is 11.9 Å². The van der Waals surface area contributed by atoms with Crippen molar-refractivity contribution in [1.82, 2.24) is 5.32 Å². The SMILES string of the molecule is COc1ccc(OC2CCNCC2)cc1O. The van der Waals surface area contributed by atoms with E-state index in [9.17, 15) is 5.11 Å². The average molecular weight is 223 g/mol. The maximum Gasteiger partial charge on any atom is 0.161 e. The summed E-state index contributed by atoms with van der Waals surface area (Å²) < 4.78 is 10.8. The number of piperidine rings is 1. The monoisotopic (exact) mass is 223 g/mol. The van der Waals surface area contributed by atoms with E-state index in [2.05, 4.69) is 5.32 Å². The van der Waals surface area contributed by atoms with Gasteiger partial charge >= 0.3 is 0 Å². The molecule has 0 unspecified atom stereocenters. The van der Waals surface area contributed by atoms with Gasteiger partial charge in [-0.25, -0.2) is 0 Å². The zero-order chi connectivity index (χ0) is 11.4. The highest BCUT2D eigenvalue weighted by molar-refractivity contribution is 5.44. The number of ether oxygens (including phenoxy) is 2. The third kappa shape index (κ3) is 2.58. The molecule has 1 aromatic carbocycles. The molecule has 1 saturated heterocycles. The minimum atomic E-state index is 0.119. The van der Waals surface area contributed by atoms with Crippen LogP contribution in [0.3, 0.4) is 0 Å². The Morgan fingerprint density at radius 1 is 1.31 bits per heavy atom. The van der Waals surface area contributed by atoms with E-state index in [4.69, 9.17) is 9.47 Å². The molecule has 0 atom stereocenters. The molecule has 0 spiro atoms. The summed E-state index contributed by atoms with van der Waals surface area (Å²) in [7, 11) is 1.53. The molecule has 88 valence electrons. The van der Waals surface area contributed by atoms with Crippen LogP contribution in [0.15, 0.2) is 18.2 Å². The summed E-state index contributed by atoms with van der Waals surface area (Å²) in [6, 6.07) is 5.13. The van der Waals surface area contributed by atoms with Gasteiger partial charge in [-0.1, -0.05) is 0 Å². The molecule has 4 nitrogen and oxygen atoms in total. The summed E-state index contributed by atoms with van der Waals surface area (Å²) in [4.78, 5) is 0. The lowest BCUT2D eigenvalue weighted by Gasteiger charge is -2.23. The third-order valence-electron chi connectivity index (χ3n) is 2.74. The number of aromatic hydroxyl groups is 1. The Morgan fingerprint density at radius 3 is 2.69 bits per heavy atom. The quantitative estimate of drug-likeness (QED) is 0.816. The van der Waals surface area contributed by atoms with Crippen LogP contribution in [0, 0.1) is 0 Å². The van der Waals surface area contributed by atoms with Crippen LogP contribution in [0.1, 0.15) is 12.8 Å².